The highest BCUT2D eigenvalue weighted by Gasteiger charge is 2.16. The van der Waals surface area contributed by atoms with Gasteiger partial charge in [-0.05, 0) is 42.9 Å². The van der Waals surface area contributed by atoms with E-state index >= 15 is 0 Å². The quantitative estimate of drug-likeness (QED) is 0.838. The van der Waals surface area contributed by atoms with Crippen LogP contribution in [0.2, 0.25) is 0 Å². The van der Waals surface area contributed by atoms with Crippen LogP contribution in [0.25, 0.3) is 0 Å². The average molecular weight is 291 g/mol. The van der Waals surface area contributed by atoms with E-state index in [9.17, 15) is 0 Å². The lowest BCUT2D eigenvalue weighted by molar-refractivity contribution is 0.0685. The average Bonchev–Trinajstić information content (AvgIpc) is 2.48. The fourth-order valence-electron chi connectivity index (χ4n) is 2.66. The maximum absolute atomic E-state index is 5.42. The van der Waals surface area contributed by atoms with Crippen molar-refractivity contribution in [3.05, 3.63) is 23.9 Å². The number of aromatic nitrogens is 1. The van der Waals surface area contributed by atoms with Gasteiger partial charge in [0.15, 0.2) is 0 Å². The molecule has 1 aliphatic rings. The molecule has 0 aromatic carbocycles. The molecule has 21 heavy (non-hydrogen) atoms. The maximum atomic E-state index is 5.42. The normalized spacial score (nSPS) is 16.4. The first-order valence-corrected chi connectivity index (χ1v) is 8.09. The van der Waals surface area contributed by atoms with E-state index in [2.05, 4.69) is 48.2 Å². The molecule has 1 aromatic rings. The van der Waals surface area contributed by atoms with Crippen molar-refractivity contribution in [1.82, 2.24) is 10.3 Å². The van der Waals surface area contributed by atoms with Crippen LogP contribution in [0.5, 0.6) is 0 Å². The number of anilines is 1. The van der Waals surface area contributed by atoms with Gasteiger partial charge in [-0.3, -0.25) is 0 Å². The lowest BCUT2D eigenvalue weighted by atomic mass is 10.00. The molecule has 0 saturated carbocycles. The van der Waals surface area contributed by atoms with Crippen LogP contribution in [0, 0.1) is 11.8 Å². The molecule has 4 nitrogen and oxygen atoms in total. The molecule has 2 heterocycles. The Balaban J connectivity index is 1.80. The highest BCUT2D eigenvalue weighted by atomic mass is 16.5. The molecule has 1 fully saturated rings. The number of rotatable bonds is 7. The Morgan fingerprint density at radius 1 is 1.33 bits per heavy atom. The first kappa shape index (κ1) is 16.2. The molecule has 0 unspecified atom stereocenters. The Morgan fingerprint density at radius 2 is 2.10 bits per heavy atom. The zero-order valence-corrected chi connectivity index (χ0v) is 13.6. The van der Waals surface area contributed by atoms with Crippen LogP contribution in [0.15, 0.2) is 18.3 Å². The molecule has 0 spiro atoms. The van der Waals surface area contributed by atoms with Crippen LogP contribution in [0.4, 0.5) is 5.82 Å². The van der Waals surface area contributed by atoms with Gasteiger partial charge in [0, 0.05) is 39.5 Å². The molecule has 1 N–H and O–H groups in total. The summed E-state index contributed by atoms with van der Waals surface area (Å²) in [6.07, 6.45) is 4.33. The van der Waals surface area contributed by atoms with Gasteiger partial charge in [0.2, 0.25) is 0 Å². The second-order valence-electron chi connectivity index (χ2n) is 6.49. The van der Waals surface area contributed by atoms with E-state index < -0.39 is 0 Å². The highest BCUT2D eigenvalue weighted by Crippen LogP contribution is 2.18. The molecule has 2 rings (SSSR count). The van der Waals surface area contributed by atoms with Crippen molar-refractivity contribution in [2.75, 3.05) is 38.3 Å². The summed E-state index contributed by atoms with van der Waals surface area (Å²) in [6.45, 7) is 9.28. The van der Waals surface area contributed by atoms with Gasteiger partial charge < -0.3 is 15.0 Å². The minimum Gasteiger partial charge on any atom is -0.381 e. The molecule has 0 atom stereocenters. The van der Waals surface area contributed by atoms with Gasteiger partial charge in [0.25, 0.3) is 0 Å². The first-order valence-electron chi connectivity index (χ1n) is 8.09. The second kappa shape index (κ2) is 8.35. The Kier molecular flexibility index (Phi) is 6.46. The molecule has 0 bridgehead atoms. The smallest absolute Gasteiger partial charge is 0.128 e. The summed E-state index contributed by atoms with van der Waals surface area (Å²) in [7, 11) is 2.13. The van der Waals surface area contributed by atoms with Crippen LogP contribution >= 0.6 is 0 Å². The molecular formula is C17H29N3O. The number of ether oxygens (including phenoxy) is 1. The molecule has 1 aromatic heterocycles. The van der Waals surface area contributed by atoms with Crippen LogP contribution in [-0.2, 0) is 11.3 Å². The van der Waals surface area contributed by atoms with Gasteiger partial charge in [-0.2, -0.15) is 0 Å². The third-order valence-corrected chi connectivity index (χ3v) is 3.95. The van der Waals surface area contributed by atoms with E-state index in [0.717, 1.165) is 44.6 Å². The van der Waals surface area contributed by atoms with E-state index in [1.807, 2.05) is 6.20 Å². The summed E-state index contributed by atoms with van der Waals surface area (Å²) in [4.78, 5) is 6.86. The fraction of sp³-hybridized carbons (Fsp3) is 0.706. The maximum Gasteiger partial charge on any atom is 0.128 e. The van der Waals surface area contributed by atoms with Crippen molar-refractivity contribution in [3.63, 3.8) is 0 Å². The molecule has 1 saturated heterocycles. The molecule has 0 aliphatic carbocycles. The summed E-state index contributed by atoms with van der Waals surface area (Å²) >= 11 is 0. The van der Waals surface area contributed by atoms with E-state index in [0.29, 0.717) is 5.92 Å². The van der Waals surface area contributed by atoms with Crippen molar-refractivity contribution in [3.8, 4) is 0 Å². The van der Waals surface area contributed by atoms with Crippen molar-refractivity contribution in [2.24, 2.45) is 11.8 Å². The summed E-state index contributed by atoms with van der Waals surface area (Å²) in [5, 5.41) is 3.45. The summed E-state index contributed by atoms with van der Waals surface area (Å²) in [5.41, 5.74) is 1.25. The SMILES string of the molecule is CC(C)CNCc1ccc(N(C)CC2CCOCC2)nc1. The number of pyridine rings is 1. The third-order valence-electron chi connectivity index (χ3n) is 3.95. The van der Waals surface area contributed by atoms with Crippen molar-refractivity contribution < 1.29 is 4.74 Å². The second-order valence-corrected chi connectivity index (χ2v) is 6.49. The van der Waals surface area contributed by atoms with Gasteiger partial charge in [-0.15, -0.1) is 0 Å². The standard InChI is InChI=1S/C17H29N3O/c1-14(2)10-18-11-16-4-5-17(19-12-16)20(3)13-15-6-8-21-9-7-15/h4-5,12,14-15,18H,6-11,13H2,1-3H3. The fourth-order valence-corrected chi connectivity index (χ4v) is 2.66. The molecule has 4 heteroatoms. The molecule has 0 amide bonds. The zero-order valence-electron chi connectivity index (χ0n) is 13.6. The molecule has 1 aliphatic heterocycles. The molecule has 118 valence electrons. The van der Waals surface area contributed by atoms with E-state index in [-0.39, 0.29) is 0 Å². The number of nitrogens with zero attached hydrogens (tertiary/aromatic N) is 2. The van der Waals surface area contributed by atoms with Gasteiger partial charge >= 0.3 is 0 Å². The summed E-state index contributed by atoms with van der Waals surface area (Å²) in [5.74, 6) is 2.48. The monoisotopic (exact) mass is 291 g/mol. The van der Waals surface area contributed by atoms with Crippen LogP contribution in [-0.4, -0.2) is 38.3 Å². The number of hydrogen-bond donors (Lipinski definition) is 1. The Bertz CT molecular complexity index is 399. The highest BCUT2D eigenvalue weighted by molar-refractivity contribution is 5.38. The lowest BCUT2D eigenvalue weighted by Gasteiger charge is -2.27. The van der Waals surface area contributed by atoms with E-state index in [1.165, 1.54) is 18.4 Å². The van der Waals surface area contributed by atoms with Crippen molar-refractivity contribution in [2.45, 2.75) is 33.2 Å². The Hall–Kier alpha value is -1.13. The molecular weight excluding hydrogens is 262 g/mol. The zero-order chi connectivity index (χ0) is 15.1. The number of hydrogen-bond acceptors (Lipinski definition) is 4. The lowest BCUT2D eigenvalue weighted by Crippen LogP contribution is -2.30. The largest absolute Gasteiger partial charge is 0.381 e. The number of nitrogens with one attached hydrogen (secondary N) is 1. The topological polar surface area (TPSA) is 37.4 Å². The third kappa shape index (κ3) is 5.64. The van der Waals surface area contributed by atoms with Crippen LogP contribution < -0.4 is 10.2 Å². The Labute approximate surface area is 128 Å². The Morgan fingerprint density at radius 3 is 2.71 bits per heavy atom. The van der Waals surface area contributed by atoms with Gasteiger partial charge in [0.05, 0.1) is 0 Å². The van der Waals surface area contributed by atoms with Gasteiger partial charge in [-0.1, -0.05) is 19.9 Å². The first-order chi connectivity index (χ1) is 10.1. The summed E-state index contributed by atoms with van der Waals surface area (Å²) < 4.78 is 5.42. The van der Waals surface area contributed by atoms with Gasteiger partial charge in [0.1, 0.15) is 5.82 Å². The van der Waals surface area contributed by atoms with Crippen LogP contribution in [0.3, 0.4) is 0 Å². The minimum atomic E-state index is 0.683. The van der Waals surface area contributed by atoms with Gasteiger partial charge in [-0.25, -0.2) is 4.98 Å². The summed E-state index contributed by atoms with van der Waals surface area (Å²) in [6, 6.07) is 4.31. The van der Waals surface area contributed by atoms with Crippen LogP contribution in [0.1, 0.15) is 32.3 Å². The van der Waals surface area contributed by atoms with Crippen molar-refractivity contribution in [1.29, 1.82) is 0 Å². The molecule has 0 radical (unpaired) electrons. The van der Waals surface area contributed by atoms with E-state index in [4.69, 9.17) is 4.74 Å². The van der Waals surface area contributed by atoms with Crippen molar-refractivity contribution >= 4 is 5.82 Å². The predicted octanol–water partition coefficient (Wildman–Crippen LogP) is 2.69. The minimum absolute atomic E-state index is 0.683. The predicted molar refractivity (Wildman–Crippen MR) is 87.6 cm³/mol. The van der Waals surface area contributed by atoms with E-state index in [1.54, 1.807) is 0 Å².